The van der Waals surface area contributed by atoms with E-state index in [1.165, 1.54) is 11.8 Å². The molecular weight excluding hydrogens is 386 g/mol. The minimum absolute atomic E-state index is 0.0488. The molecule has 0 aliphatic carbocycles. The summed E-state index contributed by atoms with van der Waals surface area (Å²) in [5.74, 6) is 1.25. The van der Waals surface area contributed by atoms with E-state index in [2.05, 4.69) is 4.99 Å². The first kappa shape index (κ1) is 20.5. The van der Waals surface area contributed by atoms with Gasteiger partial charge in [0.2, 0.25) is 0 Å². The number of nitrogens with zero attached hydrogens (tertiary/aromatic N) is 3. The summed E-state index contributed by atoms with van der Waals surface area (Å²) in [6.07, 6.45) is 1.78. The van der Waals surface area contributed by atoms with Gasteiger partial charge in [0.25, 0.3) is 5.91 Å². The van der Waals surface area contributed by atoms with Crippen LogP contribution in [0.4, 0.5) is 5.69 Å². The average molecular weight is 407 g/mol. The van der Waals surface area contributed by atoms with Crippen LogP contribution in [0.2, 0.25) is 0 Å². The molecule has 0 bridgehead atoms. The van der Waals surface area contributed by atoms with Crippen LogP contribution in [0, 0.1) is 11.3 Å². The Labute approximate surface area is 174 Å². The molecule has 1 heterocycles. The van der Waals surface area contributed by atoms with E-state index in [-0.39, 0.29) is 12.5 Å². The number of thioether (sulfide) groups is 1. The number of hydrogen-bond donors (Lipinski definition) is 0. The molecule has 0 atom stereocenters. The van der Waals surface area contributed by atoms with Gasteiger partial charge in [0.1, 0.15) is 17.6 Å². The summed E-state index contributed by atoms with van der Waals surface area (Å²) in [7, 11) is 0. The lowest BCUT2D eigenvalue weighted by atomic mass is 10.2. The van der Waals surface area contributed by atoms with Gasteiger partial charge in [-0.1, -0.05) is 18.2 Å². The number of ether oxygens (including phenoxy) is 2. The van der Waals surface area contributed by atoms with Crippen molar-refractivity contribution in [2.24, 2.45) is 4.99 Å². The molecule has 6 nitrogen and oxygen atoms in total. The summed E-state index contributed by atoms with van der Waals surface area (Å²) in [5.41, 5.74) is 1.50. The molecule has 0 saturated carbocycles. The fraction of sp³-hybridized carbons (Fsp3) is 0.227. The molecule has 1 fully saturated rings. The number of likely N-dealkylation sites (N-methyl/N-ethyl adjacent to an activating group) is 1. The third-order valence-electron chi connectivity index (χ3n) is 4.07. The van der Waals surface area contributed by atoms with E-state index in [1.807, 2.05) is 62.4 Å². The van der Waals surface area contributed by atoms with Crippen LogP contribution in [0.5, 0.6) is 11.5 Å². The van der Waals surface area contributed by atoms with Crippen molar-refractivity contribution in [1.29, 1.82) is 5.26 Å². The number of hydrogen-bond acceptors (Lipinski definition) is 6. The largest absolute Gasteiger partial charge is 0.494 e. The van der Waals surface area contributed by atoms with Crippen LogP contribution in [0.15, 0.2) is 58.4 Å². The highest BCUT2D eigenvalue weighted by Crippen LogP contribution is 2.35. The van der Waals surface area contributed by atoms with Gasteiger partial charge in [-0.25, -0.2) is 4.99 Å². The summed E-state index contributed by atoms with van der Waals surface area (Å²) in [5, 5.41) is 9.38. The van der Waals surface area contributed by atoms with Crippen LogP contribution in [0.1, 0.15) is 19.4 Å². The minimum atomic E-state index is -0.0997. The van der Waals surface area contributed by atoms with Crippen molar-refractivity contribution in [3.05, 3.63) is 59.0 Å². The number of carbonyl (C=O) groups excluding carboxylic acids is 1. The van der Waals surface area contributed by atoms with E-state index in [0.29, 0.717) is 29.0 Å². The van der Waals surface area contributed by atoms with Gasteiger partial charge in [0.15, 0.2) is 11.8 Å². The fourth-order valence-electron chi connectivity index (χ4n) is 2.75. The quantitative estimate of drug-likeness (QED) is 0.627. The number of aliphatic imine (C=N–C) groups is 1. The molecular formula is C22H21N3O3S. The van der Waals surface area contributed by atoms with Gasteiger partial charge in [-0.2, -0.15) is 5.26 Å². The lowest BCUT2D eigenvalue weighted by molar-refractivity contribution is -0.122. The first-order valence-electron chi connectivity index (χ1n) is 9.28. The second-order valence-corrected chi connectivity index (χ2v) is 6.98. The summed E-state index contributed by atoms with van der Waals surface area (Å²) in [4.78, 5) is 19.7. The third-order valence-corrected chi connectivity index (χ3v) is 5.08. The predicted octanol–water partition coefficient (Wildman–Crippen LogP) is 4.61. The molecule has 1 amide bonds. The number of carbonyl (C=O) groups is 1. The van der Waals surface area contributed by atoms with Crippen LogP contribution in [0.25, 0.3) is 6.08 Å². The van der Waals surface area contributed by atoms with Crippen molar-refractivity contribution in [2.45, 2.75) is 13.8 Å². The second kappa shape index (κ2) is 9.80. The Morgan fingerprint density at radius 3 is 2.59 bits per heavy atom. The molecule has 0 unspecified atom stereocenters. The smallest absolute Gasteiger partial charge is 0.266 e. The Balaban J connectivity index is 1.87. The van der Waals surface area contributed by atoms with Crippen molar-refractivity contribution >= 4 is 34.6 Å². The molecule has 1 saturated heterocycles. The van der Waals surface area contributed by atoms with E-state index in [1.54, 1.807) is 17.0 Å². The highest BCUT2D eigenvalue weighted by atomic mass is 32.2. The van der Waals surface area contributed by atoms with Crippen molar-refractivity contribution in [3.8, 4) is 17.6 Å². The third kappa shape index (κ3) is 4.98. The number of para-hydroxylation sites is 1. The molecule has 0 spiro atoms. The SMILES string of the molecule is CCOc1ccc(N=C2S/C(=C\c3ccccc3OCC#N)C(=O)N2CC)cc1. The van der Waals surface area contributed by atoms with Gasteiger partial charge in [-0.3, -0.25) is 9.69 Å². The molecule has 0 aromatic heterocycles. The normalized spacial score (nSPS) is 16.3. The van der Waals surface area contributed by atoms with Gasteiger partial charge in [-0.15, -0.1) is 0 Å². The van der Waals surface area contributed by atoms with Crippen molar-refractivity contribution in [2.75, 3.05) is 19.8 Å². The molecule has 0 radical (unpaired) electrons. The van der Waals surface area contributed by atoms with Crippen LogP contribution < -0.4 is 9.47 Å². The molecule has 29 heavy (non-hydrogen) atoms. The first-order chi connectivity index (χ1) is 14.2. The van der Waals surface area contributed by atoms with E-state index >= 15 is 0 Å². The highest BCUT2D eigenvalue weighted by molar-refractivity contribution is 8.18. The number of rotatable bonds is 7. The van der Waals surface area contributed by atoms with Gasteiger partial charge < -0.3 is 9.47 Å². The lowest BCUT2D eigenvalue weighted by Gasteiger charge is -2.12. The molecule has 2 aromatic carbocycles. The Morgan fingerprint density at radius 2 is 1.90 bits per heavy atom. The maximum absolute atomic E-state index is 12.8. The zero-order chi connectivity index (χ0) is 20.6. The molecule has 2 aromatic rings. The molecule has 0 N–H and O–H groups in total. The Morgan fingerprint density at radius 1 is 1.14 bits per heavy atom. The lowest BCUT2D eigenvalue weighted by Crippen LogP contribution is -2.28. The van der Waals surface area contributed by atoms with Crippen LogP contribution in [-0.2, 0) is 4.79 Å². The number of nitriles is 1. The van der Waals surface area contributed by atoms with E-state index in [0.717, 1.165) is 17.0 Å². The van der Waals surface area contributed by atoms with E-state index < -0.39 is 0 Å². The van der Waals surface area contributed by atoms with Crippen LogP contribution in [0.3, 0.4) is 0 Å². The van der Waals surface area contributed by atoms with E-state index in [9.17, 15) is 4.79 Å². The van der Waals surface area contributed by atoms with Crippen molar-refractivity contribution in [3.63, 3.8) is 0 Å². The number of amidine groups is 1. The van der Waals surface area contributed by atoms with Crippen molar-refractivity contribution < 1.29 is 14.3 Å². The van der Waals surface area contributed by atoms with Gasteiger partial charge in [-0.05, 0) is 62.0 Å². The molecule has 1 aliphatic rings. The monoisotopic (exact) mass is 407 g/mol. The maximum atomic E-state index is 12.8. The van der Waals surface area contributed by atoms with Crippen LogP contribution in [-0.4, -0.2) is 35.7 Å². The maximum Gasteiger partial charge on any atom is 0.266 e. The fourth-order valence-corrected chi connectivity index (χ4v) is 3.80. The number of amides is 1. The minimum Gasteiger partial charge on any atom is -0.494 e. The average Bonchev–Trinajstić information content (AvgIpc) is 3.03. The molecule has 1 aliphatic heterocycles. The summed E-state index contributed by atoms with van der Waals surface area (Å²) in [6.45, 7) is 4.93. The predicted molar refractivity (Wildman–Crippen MR) is 115 cm³/mol. The standard InChI is InChI=1S/C22H21N3O3S/c1-3-25-21(26)20(15-16-7-5-6-8-19(16)28-14-13-23)29-22(25)24-17-9-11-18(12-10-17)27-4-2/h5-12,15H,3-4,14H2,1-2H3/b20-15-,24-22?. The molecule has 148 valence electrons. The Bertz CT molecular complexity index is 978. The first-order valence-corrected chi connectivity index (χ1v) is 10.1. The summed E-state index contributed by atoms with van der Waals surface area (Å²) in [6, 6.07) is 16.7. The number of benzene rings is 2. The van der Waals surface area contributed by atoms with Crippen molar-refractivity contribution in [1.82, 2.24) is 4.90 Å². The zero-order valence-electron chi connectivity index (χ0n) is 16.3. The zero-order valence-corrected chi connectivity index (χ0v) is 17.1. The Hall–Kier alpha value is -3.24. The Kier molecular flexibility index (Phi) is 6.93. The topological polar surface area (TPSA) is 74.9 Å². The summed E-state index contributed by atoms with van der Waals surface area (Å²) < 4.78 is 10.9. The second-order valence-electron chi connectivity index (χ2n) is 5.97. The van der Waals surface area contributed by atoms with Gasteiger partial charge in [0, 0.05) is 12.1 Å². The van der Waals surface area contributed by atoms with Gasteiger partial charge >= 0.3 is 0 Å². The van der Waals surface area contributed by atoms with E-state index in [4.69, 9.17) is 14.7 Å². The molecule has 7 heteroatoms. The van der Waals surface area contributed by atoms with Gasteiger partial charge in [0.05, 0.1) is 17.2 Å². The van der Waals surface area contributed by atoms with Crippen LogP contribution >= 0.6 is 11.8 Å². The highest BCUT2D eigenvalue weighted by Gasteiger charge is 2.32. The molecule has 3 rings (SSSR count). The summed E-state index contributed by atoms with van der Waals surface area (Å²) >= 11 is 1.32.